The van der Waals surface area contributed by atoms with Gasteiger partial charge >= 0.3 is 5.97 Å². The maximum atomic E-state index is 15.0. The average Bonchev–Trinajstić information content (AvgIpc) is 0.843. The van der Waals surface area contributed by atoms with Gasteiger partial charge < -0.3 is 114 Å². The van der Waals surface area contributed by atoms with Crippen molar-refractivity contribution in [3.05, 3.63) is 71.8 Å². The molecule has 1 aliphatic heterocycles. The number of hydrogen-bond donors (Lipinski definition) is 21. The number of amides is 14. The van der Waals surface area contributed by atoms with Crippen molar-refractivity contribution in [1.29, 1.82) is 0 Å². The van der Waals surface area contributed by atoms with Gasteiger partial charge in [0.15, 0.2) is 17.9 Å². The van der Waals surface area contributed by atoms with E-state index in [0.29, 0.717) is 17.5 Å². The maximum Gasteiger partial charge on any atom is 0.305 e. The summed E-state index contributed by atoms with van der Waals surface area (Å²) < 4.78 is 0. The molecule has 0 saturated carbocycles. The highest BCUT2D eigenvalue weighted by atomic mass is 32.2. The number of aliphatic carboxylic acids is 1. The van der Waals surface area contributed by atoms with Crippen molar-refractivity contribution >= 4 is 118 Å². The first kappa shape index (κ1) is 97.8. The molecule has 28 N–H and O–H groups in total. The number of carboxylic acid groups (broad SMARTS) is 1. The fraction of sp³-hybridized carbons (Fsp3) is 0.600. The lowest BCUT2D eigenvalue weighted by Crippen LogP contribution is -2.62. The molecule has 3 rings (SSSR count). The minimum atomic E-state index is -2.00. The topological polar surface area (TPSA) is 652 Å². The zero-order valence-electron chi connectivity index (χ0n) is 67.2. The largest absolute Gasteiger partial charge is 0.481 e. The Kier molecular flexibility index (Phi) is 43.1. The monoisotopic (exact) mass is 1630 g/mol. The molecular formula is C75H121N23O16S. The number of carboxylic acids is 1. The van der Waals surface area contributed by atoms with Crippen LogP contribution >= 0.6 is 11.8 Å². The molecule has 14 atom stereocenters. The van der Waals surface area contributed by atoms with E-state index in [1.54, 1.807) is 130 Å². The highest BCUT2D eigenvalue weighted by molar-refractivity contribution is 8.00. The Morgan fingerprint density at radius 2 is 0.765 bits per heavy atom. The highest BCUT2D eigenvalue weighted by Gasteiger charge is 2.40. The minimum absolute atomic E-state index is 0.0120. The fourth-order valence-electron chi connectivity index (χ4n) is 11.9. The van der Waals surface area contributed by atoms with Gasteiger partial charge in [-0.1, -0.05) is 143 Å². The second kappa shape index (κ2) is 50.7. The summed E-state index contributed by atoms with van der Waals surface area (Å²) >= 11 is 0.812. The van der Waals surface area contributed by atoms with E-state index >= 15 is 0 Å². The number of guanidine groups is 3. The first-order valence-electron chi connectivity index (χ1n) is 38.5. The van der Waals surface area contributed by atoms with Crippen LogP contribution < -0.4 is 109 Å². The molecule has 14 unspecified atom stereocenters. The SMILES string of the molecule is CCC(C)C1NC(=O)C(CC(C)C)NC(=O)C(Cc2ccccc2)NC(=O)CSCC(C(=O)NCC(N)=O)NC(=O)C(CCCN=C(N)N)NC(=O)C(Cc2ccccc2)NC(=O)C(C(C)C)NC(=O)C(CCCN=C(N)N)NC(=O)C(CC(=O)O)NC(=O)C(CCCN=C(N)N)NC(=O)C(C(C)CC)NC(=O)C(C(C)C)NC1=O. The van der Waals surface area contributed by atoms with Crippen LogP contribution in [-0.4, -0.2) is 222 Å². The van der Waals surface area contributed by atoms with E-state index in [-0.39, 0.29) is 108 Å². The van der Waals surface area contributed by atoms with E-state index in [1.165, 1.54) is 0 Å². The van der Waals surface area contributed by atoms with E-state index in [4.69, 9.17) is 40.1 Å². The van der Waals surface area contributed by atoms with Crippen molar-refractivity contribution in [2.75, 3.05) is 37.7 Å². The summed E-state index contributed by atoms with van der Waals surface area (Å²) in [5.41, 5.74) is 40.1. The smallest absolute Gasteiger partial charge is 0.305 e. The van der Waals surface area contributed by atoms with Crippen LogP contribution in [0, 0.1) is 29.6 Å². The van der Waals surface area contributed by atoms with Crippen LogP contribution in [-0.2, 0) is 84.8 Å². The number of carbonyl (C=O) groups is 15. The molecule has 2 aromatic rings. The summed E-state index contributed by atoms with van der Waals surface area (Å²) in [7, 11) is 0. The summed E-state index contributed by atoms with van der Waals surface area (Å²) in [5.74, 6) is -19.8. The van der Waals surface area contributed by atoms with Crippen molar-refractivity contribution < 1.29 is 77.0 Å². The molecule has 1 heterocycles. The van der Waals surface area contributed by atoms with E-state index in [0.717, 1.165) is 11.8 Å². The lowest BCUT2D eigenvalue weighted by molar-refractivity contribution is -0.142. The van der Waals surface area contributed by atoms with E-state index in [2.05, 4.69) is 84.1 Å². The quantitative estimate of drug-likeness (QED) is 0.0208. The predicted molar refractivity (Wildman–Crippen MR) is 433 cm³/mol. The van der Waals surface area contributed by atoms with Crippen LogP contribution in [0.2, 0.25) is 0 Å². The second-order valence-corrected chi connectivity index (χ2v) is 30.4. The van der Waals surface area contributed by atoms with Gasteiger partial charge in [0.05, 0.1) is 18.7 Å². The number of aliphatic imine (C=N–C) groups is 3. The molecule has 0 spiro atoms. The van der Waals surface area contributed by atoms with Gasteiger partial charge in [0.25, 0.3) is 0 Å². The Labute approximate surface area is 674 Å². The van der Waals surface area contributed by atoms with Crippen LogP contribution in [0.15, 0.2) is 75.6 Å². The zero-order chi connectivity index (χ0) is 86.2. The number of nitrogens with two attached hydrogens (primary N) is 7. The first-order valence-corrected chi connectivity index (χ1v) is 39.6. The molecule has 0 radical (unpaired) electrons. The number of rotatable bonds is 29. The van der Waals surface area contributed by atoms with Gasteiger partial charge in [-0.3, -0.25) is 86.9 Å². The van der Waals surface area contributed by atoms with Crippen molar-refractivity contribution in [2.24, 2.45) is 84.7 Å². The average molecular weight is 1630 g/mol. The molecule has 1 fully saturated rings. The summed E-state index contributed by atoms with van der Waals surface area (Å²) in [6, 6.07) is -1.59. The van der Waals surface area contributed by atoms with Crippen LogP contribution in [0.25, 0.3) is 0 Å². The number of thioether (sulfide) groups is 1. The molecule has 14 amide bonds. The highest BCUT2D eigenvalue weighted by Crippen LogP contribution is 2.18. The summed E-state index contributed by atoms with van der Waals surface area (Å²) in [4.78, 5) is 227. The van der Waals surface area contributed by atoms with Crippen LogP contribution in [0.5, 0.6) is 0 Å². The zero-order valence-corrected chi connectivity index (χ0v) is 68.0. The van der Waals surface area contributed by atoms with Crippen molar-refractivity contribution in [2.45, 2.75) is 219 Å². The van der Waals surface area contributed by atoms with Gasteiger partial charge in [-0.05, 0) is 85.7 Å². The molecule has 2 aromatic carbocycles. The third kappa shape index (κ3) is 36.6. The fourth-order valence-corrected chi connectivity index (χ4v) is 12.7. The standard InChI is InChI=1S/C75H121N23O16S/c1-11-42(9)59-71(113)90-47(27-20-30-84-74(79)80)62(104)92-52(35-56(101)102)67(109)89-48(28-21-31-85-75(81)82)64(106)95-57(40(5)6)69(111)93-51(34-45-24-17-14-18-25-45)66(108)88-46(26-19-29-83-73(77)78)63(105)94-53(61(103)86-36-54(76)99)37-115-38-55(100)87-50(33-44-22-15-13-16-23-44)65(107)91-49(32-39(3)4)68(110)97-60(43(10)12-2)72(114)96-58(41(7)8)70(112)98-59/h13-18,22-25,39-43,46-53,57-60H,11-12,19-21,26-38H2,1-10H3,(H2,76,99)(H,86,103)(H,87,100)(H,88,108)(H,89,109)(H,90,113)(H,91,107)(H,92,104)(H,93,111)(H,94,105)(H,95,106)(H,96,114)(H,97,110)(H,98,112)(H,101,102)(H4,77,78,83)(H4,79,80,84)(H4,81,82,85). The molecule has 1 aliphatic rings. The summed E-state index contributed by atoms with van der Waals surface area (Å²) in [6.07, 6.45) is -1.71. The lowest BCUT2D eigenvalue weighted by Gasteiger charge is -2.32. The van der Waals surface area contributed by atoms with Crippen molar-refractivity contribution in [3.8, 4) is 0 Å². The van der Waals surface area contributed by atoms with E-state index in [9.17, 15) is 77.0 Å². The number of nitrogens with zero attached hydrogens (tertiary/aromatic N) is 3. The Morgan fingerprint density at radius 1 is 0.435 bits per heavy atom. The summed E-state index contributed by atoms with van der Waals surface area (Å²) in [5, 5.41) is 44.5. The Bertz CT molecular complexity index is 3690. The van der Waals surface area contributed by atoms with Crippen molar-refractivity contribution in [3.63, 3.8) is 0 Å². The predicted octanol–water partition coefficient (Wildman–Crippen LogP) is -4.28. The number of carbonyl (C=O) groups excluding carboxylic acids is 14. The molecule has 40 heteroatoms. The molecule has 0 aliphatic carbocycles. The molecular weight excluding hydrogens is 1510 g/mol. The van der Waals surface area contributed by atoms with Gasteiger partial charge in [0.1, 0.15) is 72.5 Å². The molecule has 0 bridgehead atoms. The molecule has 0 aromatic heterocycles. The lowest BCUT2D eigenvalue weighted by atomic mass is 9.94. The Hall–Kier alpha value is -11.3. The Balaban J connectivity index is 2.40. The third-order valence-corrected chi connectivity index (χ3v) is 19.6. The molecule has 638 valence electrons. The minimum Gasteiger partial charge on any atom is -0.481 e. The number of primary amides is 1. The normalized spacial score (nSPS) is 23.5. The maximum absolute atomic E-state index is 15.0. The molecule has 115 heavy (non-hydrogen) atoms. The van der Waals surface area contributed by atoms with Gasteiger partial charge in [0.2, 0.25) is 82.7 Å². The number of hydrogen-bond acceptors (Lipinski definition) is 19. The van der Waals surface area contributed by atoms with Crippen LogP contribution in [0.1, 0.15) is 145 Å². The molecule has 1 saturated heterocycles. The van der Waals surface area contributed by atoms with Gasteiger partial charge in [-0.15, -0.1) is 11.8 Å². The van der Waals surface area contributed by atoms with Crippen LogP contribution in [0.3, 0.4) is 0 Å². The number of nitrogens with one attached hydrogen (secondary N) is 13. The third-order valence-electron chi connectivity index (χ3n) is 18.6. The number of benzene rings is 2. The van der Waals surface area contributed by atoms with Gasteiger partial charge in [-0.2, -0.15) is 0 Å². The van der Waals surface area contributed by atoms with E-state index in [1.807, 2.05) is 0 Å². The second-order valence-electron chi connectivity index (χ2n) is 29.4. The summed E-state index contributed by atoms with van der Waals surface area (Å²) in [6.45, 7) is 15.7. The Morgan fingerprint density at radius 3 is 1.18 bits per heavy atom. The van der Waals surface area contributed by atoms with Crippen LogP contribution in [0.4, 0.5) is 0 Å². The first-order chi connectivity index (χ1) is 54.2. The molecule has 39 nitrogen and oxygen atoms in total. The van der Waals surface area contributed by atoms with Gasteiger partial charge in [-0.25, -0.2) is 0 Å². The van der Waals surface area contributed by atoms with Gasteiger partial charge in [0, 0.05) is 38.2 Å². The van der Waals surface area contributed by atoms with E-state index < -0.39 is 209 Å². The van der Waals surface area contributed by atoms with Crippen molar-refractivity contribution in [1.82, 2.24) is 69.1 Å².